The molecule has 3 aromatic carbocycles. The van der Waals surface area contributed by atoms with Gasteiger partial charge in [-0.25, -0.2) is 0 Å². The van der Waals surface area contributed by atoms with E-state index in [4.69, 9.17) is 0 Å². The van der Waals surface area contributed by atoms with Crippen molar-refractivity contribution in [2.45, 2.75) is 117 Å². The van der Waals surface area contributed by atoms with Gasteiger partial charge in [0.05, 0.1) is 0 Å². The Kier molecular flexibility index (Phi) is 13.0. The van der Waals surface area contributed by atoms with Gasteiger partial charge in [0.2, 0.25) is 0 Å². The predicted octanol–water partition coefficient (Wildman–Crippen LogP) is 7.97. The molecule has 3 aromatic rings. The molecule has 0 saturated heterocycles. The Hall–Kier alpha value is -0.492. The molecule has 0 fully saturated rings. The van der Waals surface area contributed by atoms with Crippen LogP contribution in [0, 0.1) is 0 Å². The van der Waals surface area contributed by atoms with Crippen LogP contribution in [0.4, 0.5) is 0 Å². The van der Waals surface area contributed by atoms with Crippen molar-refractivity contribution in [3.05, 3.63) is 72.8 Å². The van der Waals surface area contributed by atoms with Crippen LogP contribution in [0.2, 0.25) is 0 Å². The van der Waals surface area contributed by atoms with Gasteiger partial charge < -0.3 is 0 Å². The monoisotopic (exact) mass is 654 g/mol. The van der Waals surface area contributed by atoms with Crippen molar-refractivity contribution < 1.29 is 0 Å². The minimum absolute atomic E-state index is 0.142. The summed E-state index contributed by atoms with van der Waals surface area (Å²) in [6, 6.07) is 29.8. The van der Waals surface area contributed by atoms with Gasteiger partial charge >= 0.3 is 257 Å². The average molecular weight is 655 g/mol. The van der Waals surface area contributed by atoms with Crippen LogP contribution in [-0.2, 0) is 0 Å². The van der Waals surface area contributed by atoms with Gasteiger partial charge in [0.1, 0.15) is 0 Å². The first-order valence-electron chi connectivity index (χ1n) is 15.3. The molecule has 0 amide bonds. The molecule has 0 aliphatic heterocycles. The second kappa shape index (κ2) is 15.3. The van der Waals surface area contributed by atoms with Crippen LogP contribution in [0.25, 0.3) is 0 Å². The molecule has 218 valence electrons. The summed E-state index contributed by atoms with van der Waals surface area (Å²) in [5.41, 5.74) is 4.27. The SMILES string of the molecule is CC(C)P(c1ccc([As](c2ccc(P(C(C)C)C(C)C)cc2)c2ccc(P(C(C)C)C(C)C)cc2)cc1)C(C)C. The molecule has 40 heavy (non-hydrogen) atoms. The molecule has 0 aromatic heterocycles. The molecule has 0 N–H and O–H groups in total. The van der Waals surface area contributed by atoms with E-state index in [9.17, 15) is 0 Å². The molecular weight excluding hydrogens is 600 g/mol. The van der Waals surface area contributed by atoms with Crippen LogP contribution in [0.15, 0.2) is 72.8 Å². The van der Waals surface area contributed by atoms with Crippen molar-refractivity contribution in [3.63, 3.8) is 0 Å². The van der Waals surface area contributed by atoms with Crippen molar-refractivity contribution in [3.8, 4) is 0 Å². The van der Waals surface area contributed by atoms with Gasteiger partial charge in [0.25, 0.3) is 0 Å². The van der Waals surface area contributed by atoms with Crippen LogP contribution in [0.5, 0.6) is 0 Å². The number of hydrogen-bond acceptors (Lipinski definition) is 0. The molecule has 0 atom stereocenters. The quantitative estimate of drug-likeness (QED) is 0.137. The summed E-state index contributed by atoms with van der Waals surface area (Å²) in [5.74, 6) is 0. The van der Waals surface area contributed by atoms with E-state index >= 15 is 0 Å². The van der Waals surface area contributed by atoms with Crippen molar-refractivity contribution in [2.75, 3.05) is 0 Å². The molecule has 0 spiro atoms. The Bertz CT molecular complexity index is 987. The summed E-state index contributed by atoms with van der Waals surface area (Å²) < 4.78 is 4.64. The first kappa shape index (κ1) is 34.0. The first-order chi connectivity index (χ1) is 18.8. The van der Waals surface area contributed by atoms with Crippen molar-refractivity contribution in [1.82, 2.24) is 0 Å². The molecule has 0 saturated carbocycles. The predicted molar refractivity (Wildman–Crippen MR) is 194 cm³/mol. The van der Waals surface area contributed by atoms with Crippen LogP contribution >= 0.6 is 23.8 Å². The van der Waals surface area contributed by atoms with Gasteiger partial charge in [-0.2, -0.15) is 0 Å². The number of benzene rings is 3. The van der Waals surface area contributed by atoms with Crippen LogP contribution in [-0.4, -0.2) is 48.6 Å². The molecule has 0 radical (unpaired) electrons. The molecule has 0 aliphatic rings. The summed E-state index contributed by atoms with van der Waals surface area (Å²) in [4.78, 5) is 0. The summed E-state index contributed by atoms with van der Waals surface area (Å²) in [6.07, 6.45) is 0. The second-order valence-electron chi connectivity index (χ2n) is 12.7. The van der Waals surface area contributed by atoms with Crippen LogP contribution in [0.1, 0.15) is 83.1 Å². The zero-order valence-corrected chi connectivity index (χ0v) is 31.7. The van der Waals surface area contributed by atoms with E-state index in [1.54, 1.807) is 29.0 Å². The normalized spacial score (nSPS) is 12.8. The molecule has 0 bridgehead atoms. The zero-order chi connectivity index (χ0) is 29.7. The van der Waals surface area contributed by atoms with Gasteiger partial charge in [-0.3, -0.25) is 0 Å². The molecule has 4 heteroatoms. The van der Waals surface area contributed by atoms with Crippen LogP contribution < -0.4 is 29.0 Å². The molecular formula is C36H54AsP3. The maximum atomic E-state index is 2.49. The second-order valence-corrected chi connectivity index (χ2v) is 27.5. The van der Waals surface area contributed by atoms with Crippen molar-refractivity contribution in [1.29, 1.82) is 0 Å². The van der Waals surface area contributed by atoms with Gasteiger partial charge in [0.15, 0.2) is 0 Å². The Labute approximate surface area is 256 Å². The average Bonchev–Trinajstić information content (AvgIpc) is 2.86. The standard InChI is InChI=1S/C36H54AsP3/c1-25(2)38(26(3)4)34-19-13-31(14-20-34)37(32-15-21-35(22-16-32)39(27(5)6)28(7)8)33-17-23-36(24-18-33)40(29(9)10)30(11)12/h13-30H,1-12H3. The summed E-state index contributed by atoms with van der Waals surface area (Å²) in [6.45, 7) is 28.7. The molecule has 0 nitrogen and oxygen atoms in total. The van der Waals surface area contributed by atoms with E-state index in [1.807, 2.05) is 0 Å². The van der Waals surface area contributed by atoms with E-state index in [-0.39, 0.29) is 23.8 Å². The summed E-state index contributed by atoms with van der Waals surface area (Å²) >= 11 is -1.68. The third kappa shape index (κ3) is 8.32. The fourth-order valence-electron chi connectivity index (χ4n) is 6.35. The zero-order valence-electron chi connectivity index (χ0n) is 27.2. The third-order valence-corrected chi connectivity index (χ3v) is 22.0. The fourth-order valence-corrected chi connectivity index (χ4v) is 19.7. The Morgan fingerprint density at radius 3 is 0.650 bits per heavy atom. The fraction of sp³-hybridized carbons (Fsp3) is 0.500. The van der Waals surface area contributed by atoms with Gasteiger partial charge in [0, 0.05) is 0 Å². The third-order valence-electron chi connectivity index (χ3n) is 7.56. The minimum atomic E-state index is -1.68. The Balaban J connectivity index is 2.08. The van der Waals surface area contributed by atoms with E-state index in [2.05, 4.69) is 156 Å². The van der Waals surface area contributed by atoms with Crippen molar-refractivity contribution in [2.24, 2.45) is 0 Å². The number of rotatable bonds is 12. The van der Waals surface area contributed by atoms with E-state index in [0.29, 0.717) is 34.0 Å². The van der Waals surface area contributed by atoms with Crippen LogP contribution in [0.3, 0.4) is 0 Å². The summed E-state index contributed by atoms with van der Waals surface area (Å²) in [7, 11) is -0.426. The molecule has 0 heterocycles. The Morgan fingerprint density at radius 1 is 0.325 bits per heavy atom. The maximum absolute atomic E-state index is 2.49. The molecule has 0 unspecified atom stereocenters. The molecule has 3 rings (SSSR count). The van der Waals surface area contributed by atoms with Crippen molar-refractivity contribution >= 4 is 67.4 Å². The molecule has 0 aliphatic carbocycles. The summed E-state index contributed by atoms with van der Waals surface area (Å²) in [5, 5.41) is 4.67. The van der Waals surface area contributed by atoms with E-state index in [0.717, 1.165) is 0 Å². The first-order valence-corrected chi connectivity index (χ1v) is 22.5. The Morgan fingerprint density at radius 2 is 0.500 bits per heavy atom. The van der Waals surface area contributed by atoms with E-state index in [1.165, 1.54) is 0 Å². The number of hydrogen-bond donors (Lipinski definition) is 0. The van der Waals surface area contributed by atoms with Gasteiger partial charge in [-0.15, -0.1) is 0 Å². The van der Waals surface area contributed by atoms with E-state index < -0.39 is 14.7 Å². The topological polar surface area (TPSA) is 0 Å². The van der Waals surface area contributed by atoms with Gasteiger partial charge in [-0.05, 0) is 0 Å². The van der Waals surface area contributed by atoms with Gasteiger partial charge in [-0.1, -0.05) is 0 Å².